The van der Waals surface area contributed by atoms with Crippen molar-refractivity contribution < 1.29 is 18.5 Å². The van der Waals surface area contributed by atoms with Gasteiger partial charge in [-0.2, -0.15) is 0 Å². The first-order valence-electron chi connectivity index (χ1n) is 4.67. The molecule has 0 radical (unpaired) electrons. The standard InChI is InChI=1S/C9H16O4S2/c1-4-13-8(10)6-7(15(3)12)9(11)14-5-2/h7H,4-6H2,1-3H3. The highest BCUT2D eigenvalue weighted by Crippen LogP contribution is 2.13. The Balaban J connectivity index is 4.34. The summed E-state index contributed by atoms with van der Waals surface area (Å²) in [6.07, 6.45) is 1.33. The predicted molar refractivity (Wildman–Crippen MR) is 62.2 cm³/mol. The largest absolute Gasteiger partial charge is 0.466 e. The summed E-state index contributed by atoms with van der Waals surface area (Å²) in [6, 6.07) is 0. The number of carbonyl (C=O) groups is 2. The second kappa shape index (κ2) is 7.87. The zero-order chi connectivity index (χ0) is 11.8. The second-order valence-corrected chi connectivity index (χ2v) is 5.58. The Morgan fingerprint density at radius 2 is 2.00 bits per heavy atom. The third kappa shape index (κ3) is 5.94. The summed E-state index contributed by atoms with van der Waals surface area (Å²) in [5.74, 6) is 0.151. The molecule has 0 aliphatic rings. The summed E-state index contributed by atoms with van der Waals surface area (Å²) in [7, 11) is -1.33. The lowest BCUT2D eigenvalue weighted by Crippen LogP contribution is -2.27. The van der Waals surface area contributed by atoms with Crippen LogP contribution in [0.4, 0.5) is 0 Å². The van der Waals surface area contributed by atoms with Crippen LogP contribution in [0, 0.1) is 0 Å². The van der Waals surface area contributed by atoms with Gasteiger partial charge in [0.15, 0.2) is 0 Å². The third-order valence-electron chi connectivity index (χ3n) is 1.61. The molecule has 0 amide bonds. The van der Waals surface area contributed by atoms with Gasteiger partial charge in [0.2, 0.25) is 5.12 Å². The first kappa shape index (κ1) is 14.6. The van der Waals surface area contributed by atoms with E-state index in [1.165, 1.54) is 6.26 Å². The van der Waals surface area contributed by atoms with Gasteiger partial charge >= 0.3 is 5.97 Å². The minimum absolute atomic E-state index is 0.0945. The van der Waals surface area contributed by atoms with E-state index in [1.54, 1.807) is 6.92 Å². The van der Waals surface area contributed by atoms with E-state index in [2.05, 4.69) is 0 Å². The van der Waals surface area contributed by atoms with Crippen LogP contribution in [0.15, 0.2) is 0 Å². The smallest absolute Gasteiger partial charge is 0.307 e. The molecule has 2 atom stereocenters. The molecule has 0 aliphatic carbocycles. The number of ether oxygens (including phenoxy) is 1. The summed E-state index contributed by atoms with van der Waals surface area (Å²) in [4.78, 5) is 22.6. The number of hydrogen-bond donors (Lipinski definition) is 0. The molecule has 0 N–H and O–H groups in total. The quantitative estimate of drug-likeness (QED) is 0.659. The van der Waals surface area contributed by atoms with Crippen LogP contribution in [-0.4, -0.2) is 39.2 Å². The maximum atomic E-state index is 11.5. The van der Waals surface area contributed by atoms with Crippen molar-refractivity contribution >= 4 is 33.6 Å². The normalized spacial score (nSPS) is 14.3. The molecule has 0 aromatic carbocycles. The van der Waals surface area contributed by atoms with E-state index >= 15 is 0 Å². The van der Waals surface area contributed by atoms with Gasteiger partial charge in [0.25, 0.3) is 0 Å². The summed E-state index contributed by atoms with van der Waals surface area (Å²) in [5.41, 5.74) is 0. The van der Waals surface area contributed by atoms with Crippen molar-refractivity contribution in [2.75, 3.05) is 18.6 Å². The van der Waals surface area contributed by atoms with Crippen molar-refractivity contribution in [2.45, 2.75) is 25.5 Å². The summed E-state index contributed by atoms with van der Waals surface area (Å²) in [5, 5.41) is -0.944. The van der Waals surface area contributed by atoms with Crippen molar-refractivity contribution in [3.8, 4) is 0 Å². The molecule has 0 aromatic rings. The first-order valence-corrected chi connectivity index (χ1v) is 7.28. The van der Waals surface area contributed by atoms with Crippen LogP contribution in [0.1, 0.15) is 20.3 Å². The molecule has 0 aliphatic heterocycles. The number of esters is 1. The lowest BCUT2D eigenvalue weighted by atomic mass is 10.3. The third-order valence-corrected chi connectivity index (χ3v) is 3.80. The highest BCUT2D eigenvalue weighted by molar-refractivity contribution is 8.14. The number of hydrogen-bond acceptors (Lipinski definition) is 5. The molecule has 2 unspecified atom stereocenters. The molecular weight excluding hydrogens is 236 g/mol. The average Bonchev–Trinajstić information content (AvgIpc) is 2.14. The van der Waals surface area contributed by atoms with Crippen LogP contribution in [0.3, 0.4) is 0 Å². The summed E-state index contributed by atoms with van der Waals surface area (Å²) < 4.78 is 16.0. The Labute approximate surface area is 96.6 Å². The Hall–Kier alpha value is -0.360. The molecular formula is C9H16O4S2. The maximum absolute atomic E-state index is 11.5. The number of thioether (sulfide) groups is 1. The molecule has 0 saturated carbocycles. The first-order chi connectivity index (χ1) is 7.02. The zero-order valence-electron chi connectivity index (χ0n) is 9.15. The van der Waals surface area contributed by atoms with E-state index in [4.69, 9.17) is 4.74 Å². The molecule has 88 valence electrons. The van der Waals surface area contributed by atoms with Crippen molar-refractivity contribution in [3.63, 3.8) is 0 Å². The fourth-order valence-corrected chi connectivity index (χ4v) is 2.75. The second-order valence-electron chi connectivity index (χ2n) is 2.75. The Morgan fingerprint density at radius 3 is 2.40 bits per heavy atom. The highest BCUT2D eigenvalue weighted by Gasteiger charge is 2.25. The fourth-order valence-electron chi connectivity index (χ4n) is 0.943. The molecule has 4 nitrogen and oxygen atoms in total. The van der Waals surface area contributed by atoms with Gasteiger partial charge in [0.1, 0.15) is 5.25 Å². The van der Waals surface area contributed by atoms with Gasteiger partial charge in [-0.25, -0.2) is 0 Å². The van der Waals surface area contributed by atoms with Crippen molar-refractivity contribution in [1.29, 1.82) is 0 Å². The number of rotatable bonds is 6. The molecule has 0 aromatic heterocycles. The topological polar surface area (TPSA) is 60.4 Å². The van der Waals surface area contributed by atoms with Crippen LogP contribution in [0.5, 0.6) is 0 Å². The predicted octanol–water partition coefficient (Wildman–Crippen LogP) is 0.966. The van der Waals surface area contributed by atoms with Gasteiger partial charge in [0.05, 0.1) is 13.0 Å². The van der Waals surface area contributed by atoms with Crippen LogP contribution in [0.25, 0.3) is 0 Å². The minimum Gasteiger partial charge on any atom is -0.466 e. The molecule has 0 saturated heterocycles. The van der Waals surface area contributed by atoms with E-state index in [0.29, 0.717) is 5.75 Å². The lowest BCUT2D eigenvalue weighted by molar-refractivity contribution is -0.143. The van der Waals surface area contributed by atoms with Gasteiger partial charge in [-0.15, -0.1) is 0 Å². The average molecular weight is 252 g/mol. The van der Waals surface area contributed by atoms with Gasteiger partial charge in [0, 0.05) is 17.1 Å². The van der Waals surface area contributed by atoms with Crippen LogP contribution >= 0.6 is 11.8 Å². The monoisotopic (exact) mass is 252 g/mol. The molecule has 0 spiro atoms. The van der Waals surface area contributed by atoms with Gasteiger partial charge in [-0.05, 0) is 12.7 Å². The van der Waals surface area contributed by atoms with E-state index in [0.717, 1.165) is 11.8 Å². The molecule has 15 heavy (non-hydrogen) atoms. The van der Waals surface area contributed by atoms with E-state index in [1.807, 2.05) is 6.92 Å². The van der Waals surface area contributed by atoms with Crippen molar-refractivity contribution in [2.24, 2.45) is 0 Å². The molecule has 6 heteroatoms. The molecule has 0 rings (SSSR count). The van der Waals surface area contributed by atoms with Gasteiger partial charge in [-0.3, -0.25) is 13.8 Å². The Kier molecular flexibility index (Phi) is 7.68. The molecule has 0 bridgehead atoms. The van der Waals surface area contributed by atoms with Crippen molar-refractivity contribution in [1.82, 2.24) is 0 Å². The van der Waals surface area contributed by atoms with E-state index in [-0.39, 0.29) is 18.1 Å². The van der Waals surface area contributed by atoms with Gasteiger partial charge in [-0.1, -0.05) is 18.7 Å². The Bertz CT molecular complexity index is 252. The SMILES string of the molecule is CCOC(=O)CC(C(=O)SCC)S(C)=O. The van der Waals surface area contributed by atoms with Crippen LogP contribution < -0.4 is 0 Å². The summed E-state index contributed by atoms with van der Waals surface area (Å²) in [6.45, 7) is 3.80. The molecule has 0 fully saturated rings. The Morgan fingerprint density at radius 1 is 1.40 bits per heavy atom. The van der Waals surface area contributed by atoms with Crippen LogP contribution in [0.2, 0.25) is 0 Å². The lowest BCUT2D eigenvalue weighted by Gasteiger charge is -2.11. The van der Waals surface area contributed by atoms with Crippen molar-refractivity contribution in [3.05, 3.63) is 0 Å². The summed E-state index contributed by atoms with van der Waals surface area (Å²) >= 11 is 1.09. The minimum atomic E-state index is -1.33. The van der Waals surface area contributed by atoms with E-state index in [9.17, 15) is 13.8 Å². The van der Waals surface area contributed by atoms with Crippen LogP contribution in [-0.2, 0) is 25.1 Å². The molecule has 0 heterocycles. The zero-order valence-corrected chi connectivity index (χ0v) is 10.8. The van der Waals surface area contributed by atoms with Gasteiger partial charge < -0.3 is 4.74 Å². The number of carbonyl (C=O) groups excluding carboxylic acids is 2. The maximum Gasteiger partial charge on any atom is 0.307 e. The fraction of sp³-hybridized carbons (Fsp3) is 0.778. The van der Waals surface area contributed by atoms with E-state index < -0.39 is 22.0 Å². The highest BCUT2D eigenvalue weighted by atomic mass is 32.2.